The Bertz CT molecular complexity index is 1820. The molecule has 3 aliphatic carbocycles. The number of benzene rings is 2. The van der Waals surface area contributed by atoms with Crippen molar-refractivity contribution < 1.29 is 9.50 Å². The van der Waals surface area contributed by atoms with Crippen molar-refractivity contribution in [2.24, 2.45) is 35.4 Å². The fraction of sp³-hybridized carbons (Fsp3) is 0.355. The minimum absolute atomic E-state index is 0.0160. The van der Waals surface area contributed by atoms with Gasteiger partial charge in [-0.15, -0.1) is 0 Å². The van der Waals surface area contributed by atoms with Crippen LogP contribution in [0.15, 0.2) is 65.8 Å². The van der Waals surface area contributed by atoms with Gasteiger partial charge in [0, 0.05) is 66.7 Å². The van der Waals surface area contributed by atoms with Crippen LogP contribution in [0.2, 0.25) is 5.02 Å². The number of anilines is 1. The maximum absolute atomic E-state index is 15.0. The number of aromatic nitrogens is 3. The maximum Gasteiger partial charge on any atom is 0.332 e. The van der Waals surface area contributed by atoms with Gasteiger partial charge in [-0.3, -0.25) is 4.57 Å². The molecule has 40 heavy (non-hydrogen) atoms. The number of phenols is 1. The van der Waals surface area contributed by atoms with Crippen LogP contribution in [0, 0.1) is 28.5 Å². The molecule has 0 radical (unpaired) electrons. The fourth-order valence-corrected chi connectivity index (χ4v) is 9.43. The number of pyridine rings is 1. The van der Waals surface area contributed by atoms with E-state index in [0.717, 1.165) is 25.3 Å². The number of phenolic OH excluding ortho intramolecular Hbond substituents is 1. The Labute approximate surface area is 235 Å². The van der Waals surface area contributed by atoms with Crippen LogP contribution in [-0.4, -0.2) is 37.9 Å². The van der Waals surface area contributed by atoms with Gasteiger partial charge in [-0.25, -0.2) is 14.2 Å². The summed E-state index contributed by atoms with van der Waals surface area (Å²) >= 11 is 6.56. The number of hydrogen-bond acceptors (Lipinski definition) is 5. The van der Waals surface area contributed by atoms with E-state index in [9.17, 15) is 14.3 Å². The molecule has 3 heterocycles. The van der Waals surface area contributed by atoms with Crippen molar-refractivity contribution >= 4 is 17.4 Å². The number of imidazole rings is 1. The van der Waals surface area contributed by atoms with Crippen molar-refractivity contribution in [3.63, 3.8) is 0 Å². The van der Waals surface area contributed by atoms with E-state index in [0.29, 0.717) is 55.6 Å². The first-order chi connectivity index (χ1) is 19.1. The summed E-state index contributed by atoms with van der Waals surface area (Å²) in [6.45, 7) is 4.21. The predicted molar refractivity (Wildman–Crippen MR) is 152 cm³/mol. The number of aromatic hydroxyl groups is 1. The van der Waals surface area contributed by atoms with Crippen LogP contribution < -0.4 is 16.3 Å². The quantitative estimate of drug-likeness (QED) is 0.370. The zero-order valence-electron chi connectivity index (χ0n) is 22.2. The summed E-state index contributed by atoms with van der Waals surface area (Å²) in [6.07, 6.45) is 7.33. The summed E-state index contributed by atoms with van der Waals surface area (Å²) in [5, 5.41) is 11.7. The van der Waals surface area contributed by atoms with E-state index in [1.54, 1.807) is 49.9 Å². The molecule has 0 bridgehead atoms. The number of fused-ring (bicyclic) bond motifs is 1. The van der Waals surface area contributed by atoms with Crippen LogP contribution in [0.1, 0.15) is 19.8 Å². The van der Waals surface area contributed by atoms with Crippen molar-refractivity contribution in [1.29, 1.82) is 0 Å². The molecule has 4 aliphatic rings. The molecule has 5 atom stereocenters. The molecule has 3 saturated carbocycles. The first-order valence-corrected chi connectivity index (χ1v) is 14.0. The molecule has 2 aromatic heterocycles. The Morgan fingerprint density at radius 2 is 1.85 bits per heavy atom. The molecule has 7 nitrogen and oxygen atoms in total. The van der Waals surface area contributed by atoms with E-state index in [1.807, 2.05) is 6.07 Å². The molecular weight excluding hydrogens is 529 g/mol. The van der Waals surface area contributed by atoms with Crippen molar-refractivity contribution in [3.05, 3.63) is 82.4 Å². The van der Waals surface area contributed by atoms with Crippen molar-refractivity contribution in [1.82, 2.24) is 14.1 Å². The van der Waals surface area contributed by atoms with Gasteiger partial charge < -0.3 is 20.3 Å². The summed E-state index contributed by atoms with van der Waals surface area (Å²) in [7, 11) is 1.66. The van der Waals surface area contributed by atoms with Gasteiger partial charge in [0.05, 0.1) is 10.7 Å². The Kier molecular flexibility index (Phi) is 4.57. The normalized spacial score (nSPS) is 31.2. The highest BCUT2D eigenvalue weighted by atomic mass is 35.5. The average molecular weight is 558 g/mol. The number of rotatable bonds is 4. The van der Waals surface area contributed by atoms with Gasteiger partial charge in [-0.1, -0.05) is 24.6 Å². The zero-order valence-corrected chi connectivity index (χ0v) is 23.0. The lowest BCUT2D eigenvalue weighted by Gasteiger charge is -2.66. The maximum atomic E-state index is 15.0. The van der Waals surface area contributed by atoms with Crippen LogP contribution >= 0.6 is 11.6 Å². The van der Waals surface area contributed by atoms with Gasteiger partial charge in [0.1, 0.15) is 17.4 Å². The molecule has 4 aromatic rings. The van der Waals surface area contributed by atoms with Crippen molar-refractivity contribution in [2.45, 2.75) is 25.3 Å². The Balaban J connectivity index is 1.13. The van der Waals surface area contributed by atoms with Gasteiger partial charge in [0.25, 0.3) is 0 Å². The smallest absolute Gasteiger partial charge is 0.332 e. The van der Waals surface area contributed by atoms with Crippen LogP contribution in [0.4, 0.5) is 10.2 Å². The molecule has 0 amide bonds. The number of hydrogen-bond donors (Lipinski definition) is 2. The van der Waals surface area contributed by atoms with Crippen LogP contribution in [0.3, 0.4) is 0 Å². The molecule has 4 fully saturated rings. The number of aryl methyl sites for hydroxylation is 1. The summed E-state index contributed by atoms with van der Waals surface area (Å²) < 4.78 is 17.9. The molecule has 1 aliphatic heterocycles. The van der Waals surface area contributed by atoms with E-state index in [4.69, 9.17) is 17.3 Å². The standard InChI is InChI=1S/C31H29ClFN5O2/c1-29-13-19-14-37(15-25-30(34,16-29)31(19,25)29)26-10-18(5-6-35-26)22-12-20(33)11-21(27(22)39)17-3-4-24(23(32)9-17)38-8-7-36(2)28(38)40/h3-12,19,25,39H,13-16,34H2,1-2H3. The lowest BCUT2D eigenvalue weighted by atomic mass is 9.40. The highest BCUT2D eigenvalue weighted by Gasteiger charge is 2.96. The molecule has 3 N–H and O–H groups in total. The van der Waals surface area contributed by atoms with E-state index < -0.39 is 5.82 Å². The topological polar surface area (TPSA) is 89.3 Å². The number of piperidine rings is 1. The lowest BCUT2D eigenvalue weighted by Crippen LogP contribution is -2.68. The number of nitrogens with zero attached hydrogens (tertiary/aromatic N) is 4. The zero-order chi connectivity index (χ0) is 27.8. The second-order valence-corrected chi connectivity index (χ2v) is 12.9. The SMILES string of the molecule is Cn1ccn(-c2ccc(-c3cc(F)cc(-c4ccnc(N5CC6CC7(C)CC8(N)C(C5)C678)c4)c3O)cc2Cl)c1=O. The predicted octanol–water partition coefficient (Wildman–Crippen LogP) is 4.97. The van der Waals surface area contributed by atoms with Crippen LogP contribution in [-0.2, 0) is 7.05 Å². The molecule has 204 valence electrons. The Morgan fingerprint density at radius 3 is 2.50 bits per heavy atom. The molecule has 1 spiro atoms. The third-order valence-electron chi connectivity index (χ3n) is 10.6. The van der Waals surface area contributed by atoms with Crippen molar-refractivity contribution in [2.75, 3.05) is 18.0 Å². The Hall–Kier alpha value is -3.62. The highest BCUT2D eigenvalue weighted by molar-refractivity contribution is 6.32. The molecule has 8 rings (SSSR count). The van der Waals surface area contributed by atoms with Gasteiger partial charge >= 0.3 is 5.69 Å². The average Bonchev–Trinajstić information content (AvgIpc) is 3.26. The first kappa shape index (κ1) is 24.2. The summed E-state index contributed by atoms with van der Waals surface area (Å²) in [6, 6.07) is 11.4. The third-order valence-corrected chi connectivity index (χ3v) is 10.9. The molecular formula is C31H29ClFN5O2. The molecule has 9 heteroatoms. The summed E-state index contributed by atoms with van der Waals surface area (Å²) in [4.78, 5) is 19.4. The molecule has 1 saturated heterocycles. The number of halogens is 2. The van der Waals surface area contributed by atoms with E-state index >= 15 is 0 Å². The van der Waals surface area contributed by atoms with Crippen molar-refractivity contribution in [3.8, 4) is 33.7 Å². The fourth-order valence-electron chi connectivity index (χ4n) is 9.16. The van der Waals surface area contributed by atoms with Crippen LogP contribution in [0.5, 0.6) is 5.75 Å². The van der Waals surface area contributed by atoms with E-state index in [-0.39, 0.29) is 17.0 Å². The molecule has 5 unspecified atom stereocenters. The highest BCUT2D eigenvalue weighted by Crippen LogP contribution is 2.93. The van der Waals surface area contributed by atoms with E-state index in [2.05, 4.69) is 16.8 Å². The summed E-state index contributed by atoms with van der Waals surface area (Å²) in [5.41, 5.74) is 9.74. The monoisotopic (exact) mass is 557 g/mol. The molecule has 2 aromatic carbocycles. The minimum atomic E-state index is -0.478. The Morgan fingerprint density at radius 1 is 1.10 bits per heavy atom. The number of nitrogens with two attached hydrogens (primary N) is 1. The second-order valence-electron chi connectivity index (χ2n) is 12.5. The van der Waals surface area contributed by atoms with Gasteiger partial charge in [-0.2, -0.15) is 0 Å². The summed E-state index contributed by atoms with van der Waals surface area (Å²) in [5.74, 6) is 1.38. The minimum Gasteiger partial charge on any atom is -0.507 e. The van der Waals surface area contributed by atoms with Gasteiger partial charge in [-0.05, 0) is 71.7 Å². The first-order valence-electron chi connectivity index (χ1n) is 13.6. The van der Waals surface area contributed by atoms with Gasteiger partial charge in [0.2, 0.25) is 0 Å². The van der Waals surface area contributed by atoms with Gasteiger partial charge in [0.15, 0.2) is 0 Å². The van der Waals surface area contributed by atoms with Crippen LogP contribution in [0.25, 0.3) is 27.9 Å². The largest absolute Gasteiger partial charge is 0.507 e. The third kappa shape index (κ3) is 2.78. The van der Waals surface area contributed by atoms with E-state index in [1.165, 1.54) is 27.7 Å². The second kappa shape index (κ2) is 7.56. The lowest BCUT2D eigenvalue weighted by molar-refractivity contribution is -0.151.